The van der Waals surface area contributed by atoms with Crippen molar-refractivity contribution in [3.8, 4) is 11.5 Å². The average Bonchev–Trinajstić information content (AvgIpc) is 2.74. The van der Waals surface area contributed by atoms with Gasteiger partial charge in [0.1, 0.15) is 6.61 Å². The minimum Gasteiger partial charge on any atom is -0.493 e. The molecular formula is C23H18BrCl3N2O3. The van der Waals surface area contributed by atoms with Gasteiger partial charge in [0.15, 0.2) is 11.5 Å². The Balaban J connectivity index is 1.72. The number of benzene rings is 3. The lowest BCUT2D eigenvalue weighted by Gasteiger charge is -2.13. The Labute approximate surface area is 209 Å². The molecule has 0 radical (unpaired) electrons. The predicted molar refractivity (Wildman–Crippen MR) is 133 cm³/mol. The Morgan fingerprint density at radius 1 is 1.06 bits per heavy atom. The molecule has 0 aliphatic carbocycles. The van der Waals surface area contributed by atoms with E-state index in [0.717, 1.165) is 11.1 Å². The van der Waals surface area contributed by atoms with E-state index in [1.165, 1.54) is 13.3 Å². The summed E-state index contributed by atoms with van der Waals surface area (Å²) in [5.41, 5.74) is 5.24. The summed E-state index contributed by atoms with van der Waals surface area (Å²) in [5, 5.41) is 5.46. The van der Waals surface area contributed by atoms with Crippen LogP contribution < -0.4 is 14.9 Å². The molecule has 0 atom stereocenters. The summed E-state index contributed by atoms with van der Waals surface area (Å²) in [7, 11) is 1.54. The third kappa shape index (κ3) is 6.17. The van der Waals surface area contributed by atoms with Crippen LogP contribution in [0.1, 0.15) is 27.0 Å². The van der Waals surface area contributed by atoms with Crippen LogP contribution in [-0.4, -0.2) is 19.2 Å². The standard InChI is InChI=1S/C23H18BrCl3N2O3/c1-13-3-6-17(20(27)7-13)23(30)29-28-11-15-8-21(31-2)22(10-18(15)24)32-12-14-4-5-16(25)9-19(14)26/h3-11H,12H2,1-2H3,(H,29,30)/b28-11-. The van der Waals surface area contributed by atoms with Crippen LogP contribution in [0.15, 0.2) is 58.1 Å². The first-order chi connectivity index (χ1) is 15.3. The Morgan fingerprint density at radius 3 is 2.53 bits per heavy atom. The number of rotatable bonds is 7. The van der Waals surface area contributed by atoms with E-state index in [9.17, 15) is 4.79 Å². The number of hydrogen-bond acceptors (Lipinski definition) is 4. The molecule has 3 rings (SSSR count). The summed E-state index contributed by atoms with van der Waals surface area (Å²) < 4.78 is 12.0. The quantitative estimate of drug-likeness (QED) is 0.250. The van der Waals surface area contributed by atoms with Gasteiger partial charge in [-0.2, -0.15) is 5.10 Å². The lowest BCUT2D eigenvalue weighted by Crippen LogP contribution is -2.18. The number of hydrazone groups is 1. The molecule has 32 heavy (non-hydrogen) atoms. The van der Waals surface area contributed by atoms with Gasteiger partial charge in [0.05, 0.1) is 23.9 Å². The maximum Gasteiger partial charge on any atom is 0.272 e. The number of ether oxygens (including phenoxy) is 2. The van der Waals surface area contributed by atoms with Crippen molar-refractivity contribution in [2.45, 2.75) is 13.5 Å². The fraction of sp³-hybridized carbons (Fsp3) is 0.130. The number of nitrogens with zero attached hydrogens (tertiary/aromatic N) is 1. The first-order valence-corrected chi connectivity index (χ1v) is 11.2. The number of methoxy groups -OCH3 is 1. The molecule has 0 fully saturated rings. The van der Waals surface area contributed by atoms with E-state index < -0.39 is 5.91 Å². The number of aryl methyl sites for hydroxylation is 1. The van der Waals surface area contributed by atoms with Crippen LogP contribution >= 0.6 is 50.7 Å². The van der Waals surface area contributed by atoms with E-state index in [4.69, 9.17) is 44.3 Å². The molecule has 3 aromatic rings. The van der Waals surface area contributed by atoms with Crippen molar-refractivity contribution in [1.82, 2.24) is 5.43 Å². The minimum absolute atomic E-state index is 0.236. The molecule has 0 heterocycles. The van der Waals surface area contributed by atoms with Crippen LogP contribution in [0.25, 0.3) is 0 Å². The Hall–Kier alpha value is -2.25. The van der Waals surface area contributed by atoms with Crippen LogP contribution in [0.4, 0.5) is 0 Å². The lowest BCUT2D eigenvalue weighted by atomic mass is 10.1. The van der Waals surface area contributed by atoms with Crippen LogP contribution in [0.2, 0.25) is 15.1 Å². The molecule has 0 spiro atoms. The maximum atomic E-state index is 12.3. The second-order valence-electron chi connectivity index (χ2n) is 6.73. The third-order valence-corrected chi connectivity index (χ3v) is 6.01. The van der Waals surface area contributed by atoms with Crippen LogP contribution in [0.5, 0.6) is 11.5 Å². The first-order valence-electron chi connectivity index (χ1n) is 9.32. The molecule has 0 saturated carbocycles. The fourth-order valence-electron chi connectivity index (χ4n) is 2.74. The largest absolute Gasteiger partial charge is 0.493 e. The highest BCUT2D eigenvalue weighted by Crippen LogP contribution is 2.34. The van der Waals surface area contributed by atoms with Crippen LogP contribution in [-0.2, 0) is 6.61 Å². The van der Waals surface area contributed by atoms with Gasteiger partial charge in [-0.1, -0.05) is 46.9 Å². The summed E-state index contributed by atoms with van der Waals surface area (Å²) in [4.78, 5) is 12.3. The third-order valence-electron chi connectivity index (χ3n) is 4.42. The zero-order valence-electron chi connectivity index (χ0n) is 17.1. The Morgan fingerprint density at radius 2 is 1.84 bits per heavy atom. The summed E-state index contributed by atoms with van der Waals surface area (Å²) in [6, 6.07) is 13.9. The van der Waals surface area contributed by atoms with Crippen molar-refractivity contribution < 1.29 is 14.3 Å². The molecule has 166 valence electrons. The van der Waals surface area contributed by atoms with Crippen LogP contribution in [0, 0.1) is 6.92 Å². The van der Waals surface area contributed by atoms with Gasteiger partial charge in [-0.3, -0.25) is 4.79 Å². The molecule has 0 bridgehead atoms. The molecule has 1 N–H and O–H groups in total. The highest BCUT2D eigenvalue weighted by molar-refractivity contribution is 9.10. The smallest absolute Gasteiger partial charge is 0.272 e. The molecule has 0 aliphatic rings. The van der Waals surface area contributed by atoms with E-state index >= 15 is 0 Å². The summed E-state index contributed by atoms with van der Waals surface area (Å²) in [5.74, 6) is 0.597. The van der Waals surface area contributed by atoms with Gasteiger partial charge in [-0.25, -0.2) is 5.43 Å². The van der Waals surface area contributed by atoms with Crippen molar-refractivity contribution in [3.05, 3.63) is 90.3 Å². The van der Waals surface area contributed by atoms with E-state index in [1.807, 2.05) is 13.0 Å². The van der Waals surface area contributed by atoms with Crippen LogP contribution in [0.3, 0.4) is 0 Å². The molecule has 5 nitrogen and oxygen atoms in total. The number of nitrogens with one attached hydrogen (secondary N) is 1. The topological polar surface area (TPSA) is 59.9 Å². The van der Waals surface area contributed by atoms with E-state index in [-0.39, 0.29) is 6.61 Å². The SMILES string of the molecule is COc1cc(/C=N\NC(=O)c2ccc(C)cc2Cl)c(Br)cc1OCc1ccc(Cl)cc1Cl. The average molecular weight is 557 g/mol. The van der Waals surface area contributed by atoms with Crippen molar-refractivity contribution in [3.63, 3.8) is 0 Å². The van der Waals surface area contributed by atoms with Crippen molar-refractivity contribution in [1.29, 1.82) is 0 Å². The highest BCUT2D eigenvalue weighted by Gasteiger charge is 2.12. The molecule has 0 aromatic heterocycles. The number of carbonyl (C=O) groups excluding carboxylic acids is 1. The van der Waals surface area contributed by atoms with Gasteiger partial charge in [-0.15, -0.1) is 0 Å². The van der Waals surface area contributed by atoms with Gasteiger partial charge in [0, 0.05) is 25.6 Å². The van der Waals surface area contributed by atoms with Gasteiger partial charge < -0.3 is 9.47 Å². The summed E-state index contributed by atoms with van der Waals surface area (Å²) >= 11 is 21.8. The molecular weight excluding hydrogens is 539 g/mol. The zero-order chi connectivity index (χ0) is 23.3. The monoisotopic (exact) mass is 554 g/mol. The molecule has 3 aromatic carbocycles. The van der Waals surface area contributed by atoms with E-state index in [1.54, 1.807) is 42.5 Å². The predicted octanol–water partition coefficient (Wildman–Crippen LogP) is 7.07. The number of hydrogen-bond donors (Lipinski definition) is 1. The second kappa shape index (κ2) is 11.1. The molecule has 0 unspecified atom stereocenters. The fourth-order valence-corrected chi connectivity index (χ4v) is 3.95. The normalized spacial score (nSPS) is 10.9. The van der Waals surface area contributed by atoms with E-state index in [0.29, 0.717) is 42.2 Å². The number of carbonyl (C=O) groups is 1. The van der Waals surface area contributed by atoms with Crippen molar-refractivity contribution >= 4 is 62.9 Å². The lowest BCUT2D eigenvalue weighted by molar-refractivity contribution is 0.0955. The summed E-state index contributed by atoms with van der Waals surface area (Å²) in [6.45, 7) is 2.13. The van der Waals surface area contributed by atoms with Gasteiger partial charge >= 0.3 is 0 Å². The van der Waals surface area contributed by atoms with Crippen molar-refractivity contribution in [2.24, 2.45) is 5.10 Å². The molecule has 1 amide bonds. The Kier molecular flexibility index (Phi) is 8.43. The van der Waals surface area contributed by atoms with Gasteiger partial charge in [0.25, 0.3) is 5.91 Å². The minimum atomic E-state index is -0.408. The van der Waals surface area contributed by atoms with E-state index in [2.05, 4.69) is 26.5 Å². The number of halogens is 4. The molecule has 9 heteroatoms. The summed E-state index contributed by atoms with van der Waals surface area (Å²) in [6.07, 6.45) is 1.49. The maximum absolute atomic E-state index is 12.3. The second-order valence-corrected chi connectivity index (χ2v) is 8.84. The van der Waals surface area contributed by atoms with Gasteiger partial charge in [-0.05, 0) is 64.8 Å². The van der Waals surface area contributed by atoms with Crippen molar-refractivity contribution in [2.75, 3.05) is 7.11 Å². The first kappa shape index (κ1) is 24.4. The number of amides is 1. The molecule has 0 aliphatic heterocycles. The molecule has 0 saturated heterocycles. The Bertz CT molecular complexity index is 1190. The zero-order valence-corrected chi connectivity index (χ0v) is 20.9. The van der Waals surface area contributed by atoms with Gasteiger partial charge in [0.2, 0.25) is 0 Å². The highest BCUT2D eigenvalue weighted by atomic mass is 79.9.